The molecule has 0 amide bonds. The third-order valence-electron chi connectivity index (χ3n) is 4.89. The summed E-state index contributed by atoms with van der Waals surface area (Å²) in [5.74, 6) is 0. The average Bonchev–Trinajstić information content (AvgIpc) is 2.43. The molecule has 2 rings (SSSR count). The quantitative estimate of drug-likeness (QED) is 0.832. The van der Waals surface area contributed by atoms with E-state index in [2.05, 4.69) is 24.8 Å². The van der Waals surface area contributed by atoms with Gasteiger partial charge in [-0.25, -0.2) is 0 Å². The molecule has 19 heavy (non-hydrogen) atoms. The first kappa shape index (κ1) is 14.7. The Morgan fingerprint density at radius 3 is 2.37 bits per heavy atom. The number of nitrogens with two attached hydrogens (primary N) is 1. The predicted octanol–water partition coefficient (Wildman–Crippen LogP) is 4.32. The van der Waals surface area contributed by atoms with Crippen LogP contribution in [0.25, 0.3) is 0 Å². The lowest BCUT2D eigenvalue weighted by Gasteiger charge is -2.41. The van der Waals surface area contributed by atoms with Crippen molar-refractivity contribution >= 4 is 17.3 Å². The molecule has 1 aromatic rings. The summed E-state index contributed by atoms with van der Waals surface area (Å²) in [6.07, 6.45) is 5.24. The molecular formula is C16H25ClN2. The Balaban J connectivity index is 1.95. The number of hydrogen-bond acceptors (Lipinski definition) is 2. The minimum absolute atomic E-state index is 0.585. The minimum atomic E-state index is 0.585. The predicted molar refractivity (Wildman–Crippen MR) is 83.4 cm³/mol. The molecule has 1 aliphatic rings. The van der Waals surface area contributed by atoms with E-state index in [9.17, 15) is 0 Å². The van der Waals surface area contributed by atoms with Gasteiger partial charge in [-0.2, -0.15) is 0 Å². The van der Waals surface area contributed by atoms with Gasteiger partial charge in [-0.15, -0.1) is 0 Å². The topological polar surface area (TPSA) is 29.3 Å². The first-order chi connectivity index (χ1) is 9.08. The van der Waals surface area contributed by atoms with Gasteiger partial charge in [0.1, 0.15) is 0 Å². The highest BCUT2D eigenvalue weighted by Gasteiger charge is 2.31. The van der Waals surface area contributed by atoms with Gasteiger partial charge in [0.05, 0.1) is 0 Å². The van der Waals surface area contributed by atoms with Gasteiger partial charge in [0.15, 0.2) is 0 Å². The van der Waals surface area contributed by atoms with Crippen LogP contribution < -0.4 is 5.73 Å². The number of likely N-dealkylation sites (tertiary alicyclic amines) is 1. The number of piperidine rings is 1. The van der Waals surface area contributed by atoms with Crippen molar-refractivity contribution in [2.45, 2.75) is 46.1 Å². The normalized spacial score (nSPS) is 19.5. The van der Waals surface area contributed by atoms with Crippen molar-refractivity contribution in [3.05, 3.63) is 28.8 Å². The second-order valence-corrected chi connectivity index (χ2v) is 6.24. The lowest BCUT2D eigenvalue weighted by atomic mass is 9.74. The van der Waals surface area contributed by atoms with Crippen LogP contribution in [0.15, 0.2) is 18.2 Å². The van der Waals surface area contributed by atoms with Gasteiger partial charge in [-0.1, -0.05) is 44.4 Å². The highest BCUT2D eigenvalue weighted by atomic mass is 35.5. The Kier molecular flexibility index (Phi) is 4.75. The highest BCUT2D eigenvalue weighted by Crippen LogP contribution is 2.38. The number of rotatable bonds is 4. The maximum absolute atomic E-state index is 6.25. The number of anilines is 1. The van der Waals surface area contributed by atoms with Crippen LogP contribution in [0.1, 0.15) is 45.1 Å². The zero-order valence-corrected chi connectivity index (χ0v) is 12.8. The van der Waals surface area contributed by atoms with E-state index >= 15 is 0 Å². The zero-order valence-electron chi connectivity index (χ0n) is 12.1. The van der Waals surface area contributed by atoms with Crippen LogP contribution in [-0.2, 0) is 6.54 Å². The standard InChI is InChI=1S/C16H25ClN2/c1-3-16(4-2)7-9-19(10-8-16)12-13-5-6-14(18)11-15(13)17/h5-6,11H,3-4,7-10,12,18H2,1-2H3. The van der Waals surface area contributed by atoms with Crippen LogP contribution in [0.5, 0.6) is 0 Å². The van der Waals surface area contributed by atoms with Crippen molar-refractivity contribution in [2.75, 3.05) is 18.8 Å². The molecule has 0 bridgehead atoms. The summed E-state index contributed by atoms with van der Waals surface area (Å²) in [7, 11) is 0. The molecule has 1 saturated heterocycles. The van der Waals surface area contributed by atoms with Crippen molar-refractivity contribution < 1.29 is 0 Å². The Bertz CT molecular complexity index is 417. The summed E-state index contributed by atoms with van der Waals surface area (Å²) >= 11 is 6.25. The summed E-state index contributed by atoms with van der Waals surface area (Å²) in [5.41, 5.74) is 8.25. The minimum Gasteiger partial charge on any atom is -0.399 e. The van der Waals surface area contributed by atoms with Crippen molar-refractivity contribution in [1.82, 2.24) is 4.90 Å². The van der Waals surface area contributed by atoms with Crippen LogP contribution in [0.4, 0.5) is 5.69 Å². The Labute approximate surface area is 121 Å². The third kappa shape index (κ3) is 3.43. The molecule has 2 N–H and O–H groups in total. The maximum atomic E-state index is 6.25. The fraction of sp³-hybridized carbons (Fsp3) is 0.625. The van der Waals surface area contributed by atoms with E-state index in [-0.39, 0.29) is 0 Å². The first-order valence-corrected chi connectivity index (χ1v) is 7.72. The average molecular weight is 281 g/mol. The van der Waals surface area contributed by atoms with Crippen molar-refractivity contribution in [2.24, 2.45) is 5.41 Å². The van der Waals surface area contributed by atoms with Crippen LogP contribution in [-0.4, -0.2) is 18.0 Å². The summed E-state index contributed by atoms with van der Waals surface area (Å²) in [6.45, 7) is 7.97. The van der Waals surface area contributed by atoms with E-state index < -0.39 is 0 Å². The number of halogens is 1. The van der Waals surface area contributed by atoms with E-state index in [4.69, 9.17) is 17.3 Å². The van der Waals surface area contributed by atoms with E-state index in [1.807, 2.05) is 12.1 Å². The van der Waals surface area contributed by atoms with Gasteiger partial charge >= 0.3 is 0 Å². The second kappa shape index (κ2) is 6.15. The SMILES string of the molecule is CCC1(CC)CCN(Cc2ccc(N)cc2Cl)CC1. The van der Waals surface area contributed by atoms with Gasteiger partial charge in [-0.05, 0) is 49.0 Å². The van der Waals surface area contributed by atoms with Crippen molar-refractivity contribution in [3.8, 4) is 0 Å². The van der Waals surface area contributed by atoms with Gasteiger partial charge in [-0.3, -0.25) is 4.90 Å². The van der Waals surface area contributed by atoms with E-state index in [1.54, 1.807) is 0 Å². The maximum Gasteiger partial charge on any atom is 0.0471 e. The number of hydrogen-bond donors (Lipinski definition) is 1. The molecule has 106 valence electrons. The summed E-state index contributed by atoms with van der Waals surface area (Å²) < 4.78 is 0. The molecule has 3 heteroatoms. The smallest absolute Gasteiger partial charge is 0.0471 e. The van der Waals surface area contributed by atoms with Crippen molar-refractivity contribution in [1.29, 1.82) is 0 Å². The van der Waals surface area contributed by atoms with Crippen LogP contribution in [0.2, 0.25) is 5.02 Å². The molecule has 0 aliphatic carbocycles. The molecule has 0 unspecified atom stereocenters. The van der Waals surface area contributed by atoms with E-state index in [1.165, 1.54) is 44.3 Å². The van der Waals surface area contributed by atoms with E-state index in [0.717, 1.165) is 17.3 Å². The van der Waals surface area contributed by atoms with E-state index in [0.29, 0.717) is 5.41 Å². The lowest BCUT2D eigenvalue weighted by Crippen LogP contribution is -2.39. The Hall–Kier alpha value is -0.730. The van der Waals surface area contributed by atoms with Crippen molar-refractivity contribution in [3.63, 3.8) is 0 Å². The summed E-state index contributed by atoms with van der Waals surface area (Å²) in [4.78, 5) is 2.51. The van der Waals surface area contributed by atoms with Gasteiger partial charge in [0, 0.05) is 17.3 Å². The molecule has 1 aliphatic heterocycles. The van der Waals surface area contributed by atoms with Gasteiger partial charge in [0.25, 0.3) is 0 Å². The number of nitrogen functional groups attached to an aromatic ring is 1. The highest BCUT2D eigenvalue weighted by molar-refractivity contribution is 6.31. The molecule has 1 heterocycles. The molecule has 0 radical (unpaired) electrons. The lowest BCUT2D eigenvalue weighted by molar-refractivity contribution is 0.0909. The molecule has 2 nitrogen and oxygen atoms in total. The van der Waals surface area contributed by atoms with Crippen LogP contribution in [0, 0.1) is 5.41 Å². The fourth-order valence-corrected chi connectivity index (χ4v) is 3.32. The molecule has 1 aromatic carbocycles. The number of benzene rings is 1. The molecule has 0 aromatic heterocycles. The van der Waals surface area contributed by atoms with Crippen LogP contribution >= 0.6 is 11.6 Å². The fourth-order valence-electron chi connectivity index (χ4n) is 3.08. The second-order valence-electron chi connectivity index (χ2n) is 5.83. The monoisotopic (exact) mass is 280 g/mol. The molecule has 0 saturated carbocycles. The van der Waals surface area contributed by atoms with Crippen LogP contribution in [0.3, 0.4) is 0 Å². The van der Waals surface area contributed by atoms with Gasteiger partial charge in [0.2, 0.25) is 0 Å². The molecular weight excluding hydrogens is 256 g/mol. The summed E-state index contributed by atoms with van der Waals surface area (Å²) in [6, 6.07) is 5.84. The Morgan fingerprint density at radius 1 is 1.21 bits per heavy atom. The zero-order chi connectivity index (χ0) is 13.9. The largest absolute Gasteiger partial charge is 0.399 e. The first-order valence-electron chi connectivity index (χ1n) is 7.35. The number of nitrogens with zero attached hydrogens (tertiary/aromatic N) is 1. The molecule has 0 atom stereocenters. The van der Waals surface area contributed by atoms with Gasteiger partial charge < -0.3 is 5.73 Å². The third-order valence-corrected chi connectivity index (χ3v) is 5.24. The Morgan fingerprint density at radius 2 is 1.84 bits per heavy atom. The summed E-state index contributed by atoms with van der Waals surface area (Å²) in [5, 5.41) is 0.794. The molecule has 0 spiro atoms. The molecule has 1 fully saturated rings.